The lowest BCUT2D eigenvalue weighted by molar-refractivity contribution is -0.0375. The average molecular weight is 284 g/mol. The van der Waals surface area contributed by atoms with Crippen LogP contribution in [0.15, 0.2) is 30.3 Å². The van der Waals surface area contributed by atoms with Crippen molar-refractivity contribution < 1.29 is 13.2 Å². The number of rotatable bonds is 3. The molecule has 106 valence electrons. The number of morpholine rings is 1. The highest BCUT2D eigenvalue weighted by atomic mass is 32.2. The maximum absolute atomic E-state index is 12.3. The molecule has 0 saturated carbocycles. The molecule has 2 atom stereocenters. The molecule has 0 N–H and O–H groups in total. The highest BCUT2D eigenvalue weighted by Gasteiger charge is 2.37. The first-order valence-corrected chi connectivity index (χ1v) is 7.70. The maximum atomic E-state index is 12.3. The Morgan fingerprint density at radius 1 is 1.26 bits per heavy atom. The van der Waals surface area contributed by atoms with Crippen LogP contribution in [-0.4, -0.2) is 50.3 Å². The first kappa shape index (κ1) is 14.5. The Labute approximate surface area is 115 Å². The molecule has 0 aromatic heterocycles. The minimum Gasteiger partial charge on any atom is -0.370 e. The third-order valence-electron chi connectivity index (χ3n) is 3.39. The molecule has 5 nitrogen and oxygen atoms in total. The van der Waals surface area contributed by atoms with Crippen molar-refractivity contribution in [2.45, 2.75) is 19.1 Å². The Morgan fingerprint density at radius 3 is 2.47 bits per heavy atom. The Hall–Kier alpha value is -0.950. The minimum absolute atomic E-state index is 0.218. The van der Waals surface area contributed by atoms with Gasteiger partial charge in [0.1, 0.15) is 0 Å². The molecule has 1 aromatic rings. The SMILES string of the molecule is CC1C(c2ccccc2)OCCN1S(=O)(=O)N(C)C. The zero-order valence-electron chi connectivity index (χ0n) is 11.5. The molecule has 1 fully saturated rings. The number of nitrogens with zero attached hydrogens (tertiary/aromatic N) is 2. The van der Waals surface area contributed by atoms with Crippen LogP contribution in [0.5, 0.6) is 0 Å². The molecule has 1 heterocycles. The summed E-state index contributed by atoms with van der Waals surface area (Å²) in [5, 5.41) is 0. The molecule has 1 saturated heterocycles. The number of benzene rings is 1. The number of hydrogen-bond acceptors (Lipinski definition) is 3. The summed E-state index contributed by atoms with van der Waals surface area (Å²) >= 11 is 0. The van der Waals surface area contributed by atoms with Gasteiger partial charge in [-0.25, -0.2) is 0 Å². The Morgan fingerprint density at radius 2 is 1.89 bits per heavy atom. The Balaban J connectivity index is 2.27. The monoisotopic (exact) mass is 284 g/mol. The summed E-state index contributed by atoms with van der Waals surface area (Å²) in [6.45, 7) is 2.69. The third-order valence-corrected chi connectivity index (χ3v) is 5.42. The average Bonchev–Trinajstić information content (AvgIpc) is 2.39. The van der Waals surface area contributed by atoms with Crippen LogP contribution in [0.3, 0.4) is 0 Å². The van der Waals surface area contributed by atoms with E-state index in [4.69, 9.17) is 4.74 Å². The summed E-state index contributed by atoms with van der Waals surface area (Å²) in [4.78, 5) is 0. The molecule has 6 heteroatoms. The number of hydrogen-bond donors (Lipinski definition) is 0. The van der Waals surface area contributed by atoms with E-state index < -0.39 is 10.2 Å². The normalized spacial score (nSPS) is 25.7. The molecule has 0 aliphatic carbocycles. The fourth-order valence-corrected chi connectivity index (χ4v) is 3.57. The van der Waals surface area contributed by atoms with E-state index in [1.807, 2.05) is 37.3 Å². The van der Waals surface area contributed by atoms with Gasteiger partial charge >= 0.3 is 0 Å². The first-order valence-electron chi connectivity index (χ1n) is 6.30. The van der Waals surface area contributed by atoms with Crippen molar-refractivity contribution in [2.24, 2.45) is 0 Å². The van der Waals surface area contributed by atoms with Crippen LogP contribution in [0, 0.1) is 0 Å². The van der Waals surface area contributed by atoms with Crippen molar-refractivity contribution in [3.8, 4) is 0 Å². The smallest absolute Gasteiger partial charge is 0.281 e. The lowest BCUT2D eigenvalue weighted by Gasteiger charge is -2.39. The summed E-state index contributed by atoms with van der Waals surface area (Å²) in [5.41, 5.74) is 1.01. The largest absolute Gasteiger partial charge is 0.370 e. The van der Waals surface area contributed by atoms with Crippen molar-refractivity contribution >= 4 is 10.2 Å². The highest BCUT2D eigenvalue weighted by molar-refractivity contribution is 7.86. The first-order chi connectivity index (χ1) is 8.94. The summed E-state index contributed by atoms with van der Waals surface area (Å²) in [6, 6.07) is 9.52. The molecule has 0 amide bonds. The zero-order chi connectivity index (χ0) is 14.0. The fourth-order valence-electron chi connectivity index (χ4n) is 2.32. The van der Waals surface area contributed by atoms with Gasteiger partial charge in [-0.3, -0.25) is 0 Å². The predicted molar refractivity (Wildman–Crippen MR) is 73.9 cm³/mol. The standard InChI is InChI=1S/C13H20N2O3S/c1-11-13(12-7-5-4-6-8-12)18-10-9-15(11)19(16,17)14(2)3/h4-8,11,13H,9-10H2,1-3H3. The van der Waals surface area contributed by atoms with E-state index in [9.17, 15) is 8.42 Å². The van der Waals surface area contributed by atoms with Crippen LogP contribution >= 0.6 is 0 Å². The zero-order valence-corrected chi connectivity index (χ0v) is 12.3. The number of ether oxygens (including phenoxy) is 1. The van der Waals surface area contributed by atoms with Crippen molar-refractivity contribution in [1.82, 2.24) is 8.61 Å². The topological polar surface area (TPSA) is 49.9 Å². The Bertz CT molecular complexity index is 516. The summed E-state index contributed by atoms with van der Waals surface area (Å²) < 4.78 is 33.0. The molecule has 1 aromatic carbocycles. The molecule has 0 bridgehead atoms. The highest BCUT2D eigenvalue weighted by Crippen LogP contribution is 2.30. The van der Waals surface area contributed by atoms with Gasteiger partial charge in [0.15, 0.2) is 0 Å². The van der Waals surface area contributed by atoms with Gasteiger partial charge in [0.2, 0.25) is 0 Å². The van der Waals surface area contributed by atoms with Crippen molar-refractivity contribution in [3.63, 3.8) is 0 Å². The van der Waals surface area contributed by atoms with Gasteiger partial charge < -0.3 is 4.74 Å². The van der Waals surface area contributed by atoms with E-state index in [0.29, 0.717) is 13.2 Å². The molecule has 2 unspecified atom stereocenters. The molecule has 1 aliphatic heterocycles. The molecule has 2 rings (SSSR count). The van der Waals surface area contributed by atoms with E-state index in [-0.39, 0.29) is 12.1 Å². The van der Waals surface area contributed by atoms with Crippen molar-refractivity contribution in [3.05, 3.63) is 35.9 Å². The maximum Gasteiger partial charge on any atom is 0.281 e. The van der Waals surface area contributed by atoms with Crippen molar-refractivity contribution in [2.75, 3.05) is 27.2 Å². The van der Waals surface area contributed by atoms with Crippen LogP contribution < -0.4 is 0 Å². The fraction of sp³-hybridized carbons (Fsp3) is 0.538. The molecule has 0 spiro atoms. The van der Waals surface area contributed by atoms with Gasteiger partial charge in [0.05, 0.1) is 18.8 Å². The quantitative estimate of drug-likeness (QED) is 0.839. The van der Waals surface area contributed by atoms with Crippen LogP contribution in [0.1, 0.15) is 18.6 Å². The lowest BCUT2D eigenvalue weighted by atomic mass is 10.0. The van der Waals surface area contributed by atoms with Gasteiger partial charge in [-0.2, -0.15) is 17.0 Å². The van der Waals surface area contributed by atoms with Crippen LogP contribution in [0.4, 0.5) is 0 Å². The molecule has 0 radical (unpaired) electrons. The second-order valence-electron chi connectivity index (χ2n) is 4.84. The van der Waals surface area contributed by atoms with E-state index in [1.165, 1.54) is 8.61 Å². The summed E-state index contributed by atoms with van der Waals surface area (Å²) in [7, 11) is -0.302. The van der Waals surface area contributed by atoms with E-state index in [1.54, 1.807) is 14.1 Å². The summed E-state index contributed by atoms with van der Waals surface area (Å²) in [6.07, 6.45) is -0.218. The molecular formula is C13H20N2O3S. The molecular weight excluding hydrogens is 264 g/mol. The molecule has 19 heavy (non-hydrogen) atoms. The third kappa shape index (κ3) is 2.81. The van der Waals surface area contributed by atoms with Gasteiger partial charge in [-0.05, 0) is 12.5 Å². The predicted octanol–water partition coefficient (Wildman–Crippen LogP) is 1.25. The van der Waals surface area contributed by atoms with E-state index in [0.717, 1.165) is 5.56 Å². The van der Waals surface area contributed by atoms with Crippen LogP contribution in [-0.2, 0) is 14.9 Å². The van der Waals surface area contributed by atoms with Crippen LogP contribution in [0.2, 0.25) is 0 Å². The van der Waals surface area contributed by atoms with Gasteiger partial charge in [-0.1, -0.05) is 30.3 Å². The second-order valence-corrected chi connectivity index (χ2v) is 6.94. The minimum atomic E-state index is -3.40. The lowest BCUT2D eigenvalue weighted by Crippen LogP contribution is -2.52. The van der Waals surface area contributed by atoms with Gasteiger partial charge in [0.25, 0.3) is 10.2 Å². The van der Waals surface area contributed by atoms with E-state index in [2.05, 4.69) is 0 Å². The van der Waals surface area contributed by atoms with Crippen LogP contribution in [0.25, 0.3) is 0 Å². The van der Waals surface area contributed by atoms with Gasteiger partial charge in [0, 0.05) is 20.6 Å². The van der Waals surface area contributed by atoms with E-state index >= 15 is 0 Å². The molecule has 1 aliphatic rings. The summed E-state index contributed by atoms with van der Waals surface area (Å²) in [5.74, 6) is 0. The van der Waals surface area contributed by atoms with Crippen molar-refractivity contribution in [1.29, 1.82) is 0 Å². The van der Waals surface area contributed by atoms with Gasteiger partial charge in [-0.15, -0.1) is 0 Å². The Kier molecular flexibility index (Phi) is 4.25. The second kappa shape index (κ2) is 5.58.